The van der Waals surface area contributed by atoms with Crippen LogP contribution in [0.15, 0.2) is 65.6 Å². The Kier molecular flexibility index (Phi) is 12.1. The summed E-state index contributed by atoms with van der Waals surface area (Å²) in [6.45, 7) is 2.02. The SMILES string of the molecule is Cc1ccc(Cc2ccc([C@H](CC(=O)[O-])NC(=O)Nc3c([O-])ccn(C)c3=O)cc2)cc1.[Na+].[Na+]. The maximum absolute atomic E-state index is 12.4. The predicted octanol–water partition coefficient (Wildman–Crippen LogP) is -4.63. The second-order valence-corrected chi connectivity index (χ2v) is 7.60. The van der Waals surface area contributed by atoms with Gasteiger partial charge in [-0.15, -0.1) is 0 Å². The average Bonchev–Trinajstić information content (AvgIpc) is 2.75. The first-order valence-electron chi connectivity index (χ1n) is 10.0. The van der Waals surface area contributed by atoms with Gasteiger partial charge in [0.05, 0.1) is 6.04 Å². The predicted molar refractivity (Wildman–Crippen MR) is 116 cm³/mol. The molecule has 0 saturated carbocycles. The summed E-state index contributed by atoms with van der Waals surface area (Å²) in [6.07, 6.45) is 1.54. The van der Waals surface area contributed by atoms with Gasteiger partial charge in [-0.1, -0.05) is 65.9 Å². The van der Waals surface area contributed by atoms with Crippen LogP contribution in [0.4, 0.5) is 10.5 Å². The van der Waals surface area contributed by atoms with Crippen molar-refractivity contribution in [3.63, 3.8) is 0 Å². The number of aromatic nitrogens is 1. The second-order valence-electron chi connectivity index (χ2n) is 7.60. The van der Waals surface area contributed by atoms with Crippen LogP contribution < -0.4 is 85.5 Å². The number of urea groups is 1. The van der Waals surface area contributed by atoms with Crippen molar-refractivity contribution in [1.82, 2.24) is 9.88 Å². The molecule has 34 heavy (non-hydrogen) atoms. The number of carbonyl (C=O) groups excluding carboxylic acids is 2. The van der Waals surface area contributed by atoms with Crippen LogP contribution in [0.3, 0.4) is 0 Å². The van der Waals surface area contributed by atoms with Crippen LogP contribution in [-0.4, -0.2) is 16.6 Å². The Hall–Kier alpha value is -2.07. The van der Waals surface area contributed by atoms with Crippen molar-refractivity contribution < 1.29 is 78.9 Å². The smallest absolute Gasteiger partial charge is 0.871 e. The van der Waals surface area contributed by atoms with Gasteiger partial charge in [-0.25, -0.2) is 4.79 Å². The Morgan fingerprint density at radius 3 is 2.09 bits per heavy atom. The third-order valence-electron chi connectivity index (χ3n) is 5.06. The first-order chi connectivity index (χ1) is 15.2. The summed E-state index contributed by atoms with van der Waals surface area (Å²) >= 11 is 0. The van der Waals surface area contributed by atoms with Crippen LogP contribution in [0.5, 0.6) is 5.75 Å². The van der Waals surface area contributed by atoms with Gasteiger partial charge >= 0.3 is 65.1 Å². The summed E-state index contributed by atoms with van der Waals surface area (Å²) in [6, 6.07) is 14.7. The van der Waals surface area contributed by atoms with Gasteiger partial charge in [-0.2, -0.15) is 0 Å². The summed E-state index contributed by atoms with van der Waals surface area (Å²) in [5.41, 5.74) is 2.83. The molecule has 3 aromatic rings. The van der Waals surface area contributed by atoms with Crippen molar-refractivity contribution in [2.24, 2.45) is 7.05 Å². The molecule has 0 fully saturated rings. The quantitative estimate of drug-likeness (QED) is 0.330. The first-order valence-corrected chi connectivity index (χ1v) is 10.0. The number of pyridine rings is 1. The fourth-order valence-corrected chi connectivity index (χ4v) is 3.26. The number of benzene rings is 2. The number of carboxylic acids is 1. The van der Waals surface area contributed by atoms with Gasteiger partial charge in [-0.3, -0.25) is 4.79 Å². The molecule has 2 N–H and O–H groups in total. The zero-order valence-electron chi connectivity index (χ0n) is 19.8. The van der Waals surface area contributed by atoms with E-state index in [0.29, 0.717) is 12.0 Å². The van der Waals surface area contributed by atoms with Gasteiger partial charge in [-0.05, 0) is 30.0 Å². The van der Waals surface area contributed by atoms with E-state index in [2.05, 4.69) is 10.6 Å². The molecule has 0 saturated heterocycles. The molecule has 0 spiro atoms. The number of carboxylic acid groups (broad SMARTS) is 1. The number of hydrogen-bond acceptors (Lipinski definition) is 5. The summed E-state index contributed by atoms with van der Waals surface area (Å²) in [4.78, 5) is 35.7. The van der Waals surface area contributed by atoms with E-state index < -0.39 is 41.5 Å². The van der Waals surface area contributed by atoms with E-state index in [-0.39, 0.29) is 59.1 Å². The van der Waals surface area contributed by atoms with Crippen molar-refractivity contribution in [1.29, 1.82) is 0 Å². The van der Waals surface area contributed by atoms with Gasteiger partial charge in [0, 0.05) is 25.6 Å². The first kappa shape index (κ1) is 30.0. The average molecular weight is 479 g/mol. The third kappa shape index (κ3) is 8.30. The zero-order chi connectivity index (χ0) is 23.3. The third-order valence-corrected chi connectivity index (χ3v) is 5.06. The Bertz CT molecular complexity index is 1180. The molecule has 1 heterocycles. The molecule has 0 aliphatic rings. The van der Waals surface area contributed by atoms with Crippen LogP contribution in [0.2, 0.25) is 0 Å². The molecular formula is C24H23N3Na2O5. The molecule has 8 nitrogen and oxygen atoms in total. The fraction of sp³-hybridized carbons (Fsp3) is 0.208. The number of aliphatic carboxylic acids is 1. The molecule has 0 radical (unpaired) electrons. The Balaban J connectivity index is 0.00000289. The van der Waals surface area contributed by atoms with Crippen LogP contribution >= 0.6 is 0 Å². The second kappa shape index (κ2) is 13.7. The van der Waals surface area contributed by atoms with Gasteiger partial charge in [0.15, 0.2) is 0 Å². The topological polar surface area (TPSA) is 126 Å². The van der Waals surface area contributed by atoms with Gasteiger partial charge in [0.25, 0.3) is 5.56 Å². The van der Waals surface area contributed by atoms with E-state index in [1.54, 1.807) is 12.1 Å². The molecule has 0 aliphatic heterocycles. The molecule has 2 amide bonds. The molecule has 10 heteroatoms. The number of hydrogen-bond donors (Lipinski definition) is 2. The van der Waals surface area contributed by atoms with Gasteiger partial charge in [0.1, 0.15) is 5.69 Å². The number of aryl methyl sites for hydroxylation is 2. The van der Waals surface area contributed by atoms with E-state index >= 15 is 0 Å². The number of amides is 2. The molecule has 0 bridgehead atoms. The minimum atomic E-state index is -1.35. The molecular weight excluding hydrogens is 456 g/mol. The monoisotopic (exact) mass is 479 g/mol. The largest absolute Gasteiger partial charge is 1.00 e. The molecule has 166 valence electrons. The molecule has 0 aliphatic carbocycles. The van der Waals surface area contributed by atoms with Crippen LogP contribution in [0.1, 0.15) is 34.7 Å². The van der Waals surface area contributed by atoms with Crippen LogP contribution in [-0.2, 0) is 18.3 Å². The summed E-state index contributed by atoms with van der Waals surface area (Å²) in [5.74, 6) is -1.99. The molecule has 1 atom stereocenters. The minimum Gasteiger partial charge on any atom is -0.871 e. The van der Waals surface area contributed by atoms with Crippen molar-refractivity contribution >= 4 is 17.7 Å². The fourth-order valence-electron chi connectivity index (χ4n) is 3.26. The Morgan fingerprint density at radius 1 is 0.971 bits per heavy atom. The number of nitrogens with zero attached hydrogens (tertiary/aromatic N) is 1. The van der Waals surface area contributed by atoms with Gasteiger partial charge < -0.3 is 30.2 Å². The maximum atomic E-state index is 12.4. The number of anilines is 1. The summed E-state index contributed by atoms with van der Waals surface area (Å²) in [7, 11) is 1.45. The Morgan fingerprint density at radius 2 is 1.53 bits per heavy atom. The van der Waals surface area contributed by atoms with Crippen molar-refractivity contribution in [3.05, 3.63) is 93.4 Å². The normalized spacial score (nSPS) is 10.9. The van der Waals surface area contributed by atoms with Gasteiger partial charge in [0.2, 0.25) is 0 Å². The molecule has 3 rings (SSSR count). The molecule has 2 aromatic carbocycles. The van der Waals surface area contributed by atoms with Crippen molar-refractivity contribution in [3.8, 4) is 5.75 Å². The number of rotatable bonds is 7. The maximum Gasteiger partial charge on any atom is 1.00 e. The van der Waals surface area contributed by atoms with Crippen LogP contribution in [0.25, 0.3) is 0 Å². The van der Waals surface area contributed by atoms with E-state index in [9.17, 15) is 24.6 Å². The summed E-state index contributed by atoms with van der Waals surface area (Å²) < 4.78 is 1.16. The van der Waals surface area contributed by atoms with Crippen LogP contribution in [0, 0.1) is 6.92 Å². The summed E-state index contributed by atoms with van der Waals surface area (Å²) in [5, 5.41) is 27.9. The molecule has 0 unspecified atom stereocenters. The van der Waals surface area contributed by atoms with Crippen molar-refractivity contribution in [2.75, 3.05) is 5.32 Å². The number of nitrogens with one attached hydrogen (secondary N) is 2. The Labute approximate surface area is 242 Å². The number of carbonyl (C=O) groups is 2. The zero-order valence-corrected chi connectivity index (χ0v) is 23.8. The van der Waals surface area contributed by atoms with E-state index in [4.69, 9.17) is 0 Å². The minimum absolute atomic E-state index is 0. The van der Waals surface area contributed by atoms with Crippen molar-refractivity contribution in [2.45, 2.75) is 25.8 Å². The molecule has 1 aromatic heterocycles. The van der Waals surface area contributed by atoms with E-state index in [0.717, 1.165) is 21.8 Å². The van der Waals surface area contributed by atoms with E-state index in [1.165, 1.54) is 18.8 Å². The standard InChI is InChI=1S/C24H25N3O5.2Na/c1-15-3-5-16(6-4-15)13-17-7-9-18(10-8-17)19(14-21(29)30)25-24(32)26-22-20(28)11-12-27(2)23(22)31;;/h3-12,19,28H,13-14H2,1-2H3,(H,29,30)(H2,25,26,32);;/q;2*+1/p-2/t19-;;/m0../s1. The van der Waals surface area contributed by atoms with E-state index in [1.807, 2.05) is 43.3 Å².